The average Bonchev–Trinajstić information content (AvgIpc) is 2.31. The van der Waals surface area contributed by atoms with Crippen molar-refractivity contribution in [1.82, 2.24) is 0 Å². The topological polar surface area (TPSA) is 0 Å². The summed E-state index contributed by atoms with van der Waals surface area (Å²) >= 11 is 7.64. The fourth-order valence-electron chi connectivity index (χ4n) is 3.46. The van der Waals surface area contributed by atoms with E-state index in [2.05, 4.69) is 76.9 Å². The third kappa shape index (κ3) is 3.85. The van der Waals surface area contributed by atoms with Crippen molar-refractivity contribution in [2.45, 2.75) is 51.3 Å². The Hall–Kier alpha value is 0.180. The van der Waals surface area contributed by atoms with E-state index in [0.717, 1.165) is 18.3 Å². The Bertz CT molecular complexity index is 425. The first-order chi connectivity index (χ1) is 8.90. The smallest absolute Gasteiger partial charge is 0.0207 e. The van der Waals surface area contributed by atoms with Crippen molar-refractivity contribution in [1.29, 1.82) is 0 Å². The number of hydrogen-bond acceptors (Lipinski definition) is 0. The molecule has 2 heteroatoms. The molecule has 3 unspecified atom stereocenters. The number of hydrogen-bond donors (Lipinski definition) is 0. The van der Waals surface area contributed by atoms with E-state index in [1.165, 1.54) is 29.3 Å². The van der Waals surface area contributed by atoms with Gasteiger partial charge in [-0.3, -0.25) is 0 Å². The molecule has 0 spiro atoms. The highest BCUT2D eigenvalue weighted by molar-refractivity contribution is 9.10. The predicted octanol–water partition coefficient (Wildman–Crippen LogP) is 6.22. The van der Waals surface area contributed by atoms with Crippen molar-refractivity contribution in [3.8, 4) is 0 Å². The van der Waals surface area contributed by atoms with E-state index in [1.54, 1.807) is 0 Å². The average molecular weight is 388 g/mol. The third-order valence-corrected chi connectivity index (χ3v) is 6.43. The standard InChI is InChI=1S/C17H24Br2/c1-12-8-9-14(16(19)10-12)17(2,3)11-13-6-4-5-7-15(13)18/h4-7,12,14,16H,8-11H2,1-3H3. The van der Waals surface area contributed by atoms with E-state index in [-0.39, 0.29) is 0 Å². The fraction of sp³-hybridized carbons (Fsp3) is 0.647. The van der Waals surface area contributed by atoms with Crippen LogP contribution in [0.25, 0.3) is 0 Å². The quantitative estimate of drug-likeness (QED) is 0.540. The zero-order chi connectivity index (χ0) is 14.0. The van der Waals surface area contributed by atoms with E-state index >= 15 is 0 Å². The molecule has 0 aromatic heterocycles. The summed E-state index contributed by atoms with van der Waals surface area (Å²) in [5.41, 5.74) is 1.78. The highest BCUT2D eigenvalue weighted by Crippen LogP contribution is 2.45. The highest BCUT2D eigenvalue weighted by Gasteiger charge is 2.37. The van der Waals surface area contributed by atoms with Crippen molar-refractivity contribution in [3.05, 3.63) is 34.3 Å². The Morgan fingerprint density at radius 1 is 1.21 bits per heavy atom. The van der Waals surface area contributed by atoms with E-state index in [9.17, 15) is 0 Å². The van der Waals surface area contributed by atoms with Crippen LogP contribution in [0.1, 0.15) is 45.6 Å². The lowest BCUT2D eigenvalue weighted by Gasteiger charge is -2.42. The molecule has 0 bridgehead atoms. The fourth-order valence-corrected chi connectivity index (χ4v) is 5.50. The van der Waals surface area contributed by atoms with E-state index in [0.29, 0.717) is 10.2 Å². The maximum atomic E-state index is 3.95. The molecular weight excluding hydrogens is 364 g/mol. The monoisotopic (exact) mass is 386 g/mol. The lowest BCUT2D eigenvalue weighted by atomic mass is 9.66. The van der Waals surface area contributed by atoms with Crippen LogP contribution in [0.15, 0.2) is 28.7 Å². The Labute approximate surface area is 134 Å². The Morgan fingerprint density at radius 3 is 2.53 bits per heavy atom. The number of rotatable bonds is 3. The number of halogens is 2. The van der Waals surface area contributed by atoms with Gasteiger partial charge in [0.05, 0.1) is 0 Å². The van der Waals surface area contributed by atoms with Crippen LogP contribution in [0.5, 0.6) is 0 Å². The van der Waals surface area contributed by atoms with E-state index in [4.69, 9.17) is 0 Å². The maximum Gasteiger partial charge on any atom is 0.0207 e. The van der Waals surface area contributed by atoms with Gasteiger partial charge in [0.15, 0.2) is 0 Å². The van der Waals surface area contributed by atoms with Gasteiger partial charge in [-0.05, 0) is 48.1 Å². The number of benzene rings is 1. The molecule has 0 heterocycles. The molecule has 0 aliphatic heterocycles. The molecule has 1 aromatic rings. The van der Waals surface area contributed by atoms with Gasteiger partial charge in [0, 0.05) is 9.30 Å². The second-order valence-corrected chi connectivity index (χ2v) is 8.83. The van der Waals surface area contributed by atoms with Crippen molar-refractivity contribution in [3.63, 3.8) is 0 Å². The minimum absolute atomic E-state index is 0.345. The molecule has 0 saturated heterocycles. The van der Waals surface area contributed by atoms with Crippen molar-refractivity contribution >= 4 is 31.9 Å². The van der Waals surface area contributed by atoms with Crippen LogP contribution >= 0.6 is 31.9 Å². The summed E-state index contributed by atoms with van der Waals surface area (Å²) in [6, 6.07) is 8.64. The molecule has 2 rings (SSSR count). The Kier molecular flexibility index (Phi) is 5.16. The van der Waals surface area contributed by atoms with Crippen molar-refractivity contribution < 1.29 is 0 Å². The van der Waals surface area contributed by atoms with Gasteiger partial charge >= 0.3 is 0 Å². The second kappa shape index (κ2) is 6.30. The molecule has 3 atom stereocenters. The molecule has 0 nitrogen and oxygen atoms in total. The van der Waals surface area contributed by atoms with Gasteiger partial charge in [0.2, 0.25) is 0 Å². The first kappa shape index (κ1) is 15.6. The SMILES string of the molecule is CC1CCC(C(C)(C)Cc2ccccc2Br)C(Br)C1. The summed E-state index contributed by atoms with van der Waals surface area (Å²) < 4.78 is 1.25. The lowest BCUT2D eigenvalue weighted by Crippen LogP contribution is -2.37. The van der Waals surface area contributed by atoms with Crippen LogP contribution in [0.3, 0.4) is 0 Å². The van der Waals surface area contributed by atoms with Gasteiger partial charge in [0.1, 0.15) is 0 Å². The largest absolute Gasteiger partial charge is 0.0887 e. The molecule has 0 N–H and O–H groups in total. The molecule has 1 aromatic carbocycles. The molecule has 0 radical (unpaired) electrons. The molecule has 0 amide bonds. The Morgan fingerprint density at radius 2 is 1.89 bits per heavy atom. The van der Waals surface area contributed by atoms with Gasteiger partial charge < -0.3 is 0 Å². The van der Waals surface area contributed by atoms with Gasteiger partial charge in [0.25, 0.3) is 0 Å². The van der Waals surface area contributed by atoms with Gasteiger partial charge in [-0.25, -0.2) is 0 Å². The molecule has 19 heavy (non-hydrogen) atoms. The van der Waals surface area contributed by atoms with E-state index < -0.39 is 0 Å². The third-order valence-electron chi connectivity index (χ3n) is 4.64. The molecule has 1 fully saturated rings. The van der Waals surface area contributed by atoms with Gasteiger partial charge in [-0.15, -0.1) is 0 Å². The normalized spacial score (nSPS) is 28.4. The molecule has 106 valence electrons. The maximum absolute atomic E-state index is 3.95. The molecule has 1 saturated carbocycles. The molecular formula is C17H24Br2. The van der Waals surface area contributed by atoms with Gasteiger partial charge in [-0.2, -0.15) is 0 Å². The Balaban J connectivity index is 2.12. The number of alkyl halides is 1. The zero-order valence-electron chi connectivity index (χ0n) is 12.1. The minimum atomic E-state index is 0.345. The summed E-state index contributed by atoms with van der Waals surface area (Å²) in [6.45, 7) is 7.24. The van der Waals surface area contributed by atoms with Crippen LogP contribution in [0.2, 0.25) is 0 Å². The van der Waals surface area contributed by atoms with Crippen LogP contribution in [0, 0.1) is 17.3 Å². The van der Waals surface area contributed by atoms with Crippen LogP contribution in [-0.2, 0) is 6.42 Å². The first-order valence-electron chi connectivity index (χ1n) is 7.27. The zero-order valence-corrected chi connectivity index (χ0v) is 15.3. The summed E-state index contributed by atoms with van der Waals surface area (Å²) in [5, 5.41) is 0. The van der Waals surface area contributed by atoms with Crippen LogP contribution in [-0.4, -0.2) is 4.83 Å². The molecule has 1 aliphatic rings. The minimum Gasteiger partial charge on any atom is -0.0887 e. The molecule has 1 aliphatic carbocycles. The predicted molar refractivity (Wildman–Crippen MR) is 90.8 cm³/mol. The summed E-state index contributed by atoms with van der Waals surface area (Å²) in [4.78, 5) is 0.675. The summed E-state index contributed by atoms with van der Waals surface area (Å²) in [5.74, 6) is 1.65. The van der Waals surface area contributed by atoms with Crippen LogP contribution in [0.4, 0.5) is 0 Å². The van der Waals surface area contributed by atoms with Crippen molar-refractivity contribution in [2.24, 2.45) is 17.3 Å². The van der Waals surface area contributed by atoms with Crippen molar-refractivity contribution in [2.75, 3.05) is 0 Å². The second-order valence-electron chi connectivity index (χ2n) is 6.80. The van der Waals surface area contributed by atoms with Crippen LogP contribution < -0.4 is 0 Å². The lowest BCUT2D eigenvalue weighted by molar-refractivity contribution is 0.147. The highest BCUT2D eigenvalue weighted by atomic mass is 79.9. The summed E-state index contributed by atoms with van der Waals surface area (Å²) in [6.07, 6.45) is 5.21. The first-order valence-corrected chi connectivity index (χ1v) is 8.98. The summed E-state index contributed by atoms with van der Waals surface area (Å²) in [7, 11) is 0. The van der Waals surface area contributed by atoms with E-state index in [1.807, 2.05) is 0 Å². The van der Waals surface area contributed by atoms with Gasteiger partial charge in [-0.1, -0.05) is 77.3 Å².